The van der Waals surface area contributed by atoms with Crippen LogP contribution >= 0.6 is 11.3 Å². The summed E-state index contributed by atoms with van der Waals surface area (Å²) in [6.45, 7) is 0.488. The summed E-state index contributed by atoms with van der Waals surface area (Å²) >= 11 is 1.56. The molecule has 0 saturated heterocycles. The first-order valence-electron chi connectivity index (χ1n) is 9.20. The van der Waals surface area contributed by atoms with E-state index in [0.29, 0.717) is 12.3 Å². The average molecular weight is 405 g/mol. The Morgan fingerprint density at radius 2 is 1.90 bits per heavy atom. The van der Waals surface area contributed by atoms with Gasteiger partial charge in [0, 0.05) is 18.0 Å². The van der Waals surface area contributed by atoms with Gasteiger partial charge in [-0.3, -0.25) is 9.59 Å². The van der Waals surface area contributed by atoms with Crippen LogP contribution in [0.4, 0.5) is 0 Å². The number of hydrogen-bond acceptors (Lipinski definition) is 5. The number of carbonyl (C=O) groups excluding carboxylic acids is 1. The molecule has 6 nitrogen and oxygen atoms in total. The molecule has 0 atom stereocenters. The zero-order chi connectivity index (χ0) is 20.1. The van der Waals surface area contributed by atoms with Crippen molar-refractivity contribution in [2.24, 2.45) is 0 Å². The average Bonchev–Trinajstić information content (AvgIpc) is 3.28. The molecular formula is C22H19N3O3S. The van der Waals surface area contributed by atoms with Crippen LogP contribution in [0.3, 0.4) is 0 Å². The lowest BCUT2D eigenvalue weighted by molar-refractivity contribution is -0.123. The standard InChI is InChI=1S/C22H19N3O3S/c26-21(15-28-19-8-3-6-16-5-1-2-7-17(16)19)23-12-13-25-22(27)11-10-18(24-25)20-9-4-14-29-20/h1-11,14H,12-13,15H2,(H,23,26). The minimum atomic E-state index is -0.250. The quantitative estimate of drug-likeness (QED) is 0.512. The molecule has 29 heavy (non-hydrogen) atoms. The van der Waals surface area contributed by atoms with E-state index in [9.17, 15) is 9.59 Å². The second-order valence-corrected chi connectivity index (χ2v) is 7.32. The van der Waals surface area contributed by atoms with Crippen LogP contribution in [0.1, 0.15) is 0 Å². The summed E-state index contributed by atoms with van der Waals surface area (Å²) in [5.74, 6) is 0.417. The van der Waals surface area contributed by atoms with Gasteiger partial charge in [0.05, 0.1) is 11.4 Å². The monoisotopic (exact) mass is 405 g/mol. The Kier molecular flexibility index (Phi) is 5.67. The van der Waals surface area contributed by atoms with Crippen molar-refractivity contribution in [2.75, 3.05) is 13.2 Å². The van der Waals surface area contributed by atoms with E-state index in [1.807, 2.05) is 60.0 Å². The molecule has 0 saturated carbocycles. The third-order valence-corrected chi connectivity index (χ3v) is 5.29. The van der Waals surface area contributed by atoms with Crippen LogP contribution in [-0.4, -0.2) is 28.8 Å². The Morgan fingerprint density at radius 3 is 2.76 bits per heavy atom. The molecule has 0 fully saturated rings. The number of thiophene rings is 1. The largest absolute Gasteiger partial charge is 0.483 e. The maximum Gasteiger partial charge on any atom is 0.266 e. The number of hydrogen-bond donors (Lipinski definition) is 1. The molecule has 1 N–H and O–H groups in total. The van der Waals surface area contributed by atoms with E-state index in [1.54, 1.807) is 17.4 Å². The van der Waals surface area contributed by atoms with Gasteiger partial charge in [0.2, 0.25) is 0 Å². The Bertz CT molecular complexity index is 1180. The predicted molar refractivity (Wildman–Crippen MR) is 114 cm³/mol. The summed E-state index contributed by atoms with van der Waals surface area (Å²) in [4.78, 5) is 25.1. The first-order chi connectivity index (χ1) is 14.2. The molecule has 1 amide bonds. The van der Waals surface area contributed by atoms with Crippen LogP contribution in [0, 0.1) is 0 Å². The van der Waals surface area contributed by atoms with E-state index in [-0.39, 0.29) is 24.6 Å². The number of ether oxygens (including phenoxy) is 1. The zero-order valence-electron chi connectivity index (χ0n) is 15.6. The highest BCUT2D eigenvalue weighted by molar-refractivity contribution is 7.13. The van der Waals surface area contributed by atoms with Crippen molar-refractivity contribution in [2.45, 2.75) is 6.54 Å². The summed E-state index contributed by atoms with van der Waals surface area (Å²) in [7, 11) is 0. The third kappa shape index (κ3) is 4.52. The third-order valence-electron chi connectivity index (χ3n) is 4.39. The van der Waals surface area contributed by atoms with E-state index in [4.69, 9.17) is 4.74 Å². The molecular weight excluding hydrogens is 386 g/mol. The number of aromatic nitrogens is 2. The van der Waals surface area contributed by atoms with Crippen molar-refractivity contribution < 1.29 is 9.53 Å². The SMILES string of the molecule is O=C(COc1cccc2ccccc12)NCCn1nc(-c2cccs2)ccc1=O. The molecule has 0 aliphatic carbocycles. The highest BCUT2D eigenvalue weighted by Gasteiger charge is 2.07. The zero-order valence-corrected chi connectivity index (χ0v) is 16.4. The van der Waals surface area contributed by atoms with Crippen molar-refractivity contribution >= 4 is 28.0 Å². The van der Waals surface area contributed by atoms with Crippen molar-refractivity contribution in [1.82, 2.24) is 15.1 Å². The van der Waals surface area contributed by atoms with Crippen LogP contribution in [0.25, 0.3) is 21.3 Å². The lowest BCUT2D eigenvalue weighted by atomic mass is 10.1. The van der Waals surface area contributed by atoms with Crippen molar-refractivity contribution in [1.29, 1.82) is 0 Å². The molecule has 0 aliphatic rings. The molecule has 2 aromatic carbocycles. The second-order valence-electron chi connectivity index (χ2n) is 6.37. The first-order valence-corrected chi connectivity index (χ1v) is 10.1. The molecule has 146 valence electrons. The first kappa shape index (κ1) is 18.9. The van der Waals surface area contributed by atoms with Crippen LogP contribution < -0.4 is 15.6 Å². The Balaban J connectivity index is 1.32. The number of nitrogens with zero attached hydrogens (tertiary/aromatic N) is 2. The van der Waals surface area contributed by atoms with Gasteiger partial charge in [-0.2, -0.15) is 5.10 Å². The van der Waals surface area contributed by atoms with Gasteiger partial charge < -0.3 is 10.1 Å². The van der Waals surface area contributed by atoms with Gasteiger partial charge >= 0.3 is 0 Å². The van der Waals surface area contributed by atoms with Crippen molar-refractivity contribution in [3.8, 4) is 16.3 Å². The normalized spacial score (nSPS) is 10.8. The summed E-state index contributed by atoms with van der Waals surface area (Å²) in [5.41, 5.74) is 0.539. The minimum absolute atomic E-state index is 0.0917. The molecule has 0 radical (unpaired) electrons. The fourth-order valence-electron chi connectivity index (χ4n) is 2.98. The van der Waals surface area contributed by atoms with Gasteiger partial charge in [0.25, 0.3) is 11.5 Å². The van der Waals surface area contributed by atoms with E-state index in [0.717, 1.165) is 21.3 Å². The number of amides is 1. The Hall–Kier alpha value is -3.45. The maximum atomic E-state index is 12.1. The molecule has 0 unspecified atom stereocenters. The molecule has 0 bridgehead atoms. The fourth-order valence-corrected chi connectivity index (χ4v) is 3.67. The van der Waals surface area contributed by atoms with Gasteiger partial charge in [-0.15, -0.1) is 11.3 Å². The van der Waals surface area contributed by atoms with Crippen molar-refractivity contribution in [3.05, 3.63) is 82.5 Å². The summed E-state index contributed by atoms with van der Waals surface area (Å²) in [5, 5.41) is 11.1. The predicted octanol–water partition coefficient (Wildman–Crippen LogP) is 3.32. The van der Waals surface area contributed by atoms with Crippen LogP contribution in [-0.2, 0) is 11.3 Å². The van der Waals surface area contributed by atoms with Gasteiger partial charge in [-0.1, -0.05) is 42.5 Å². The van der Waals surface area contributed by atoms with E-state index in [2.05, 4.69) is 10.4 Å². The smallest absolute Gasteiger partial charge is 0.266 e. The second kappa shape index (κ2) is 8.70. The number of nitrogens with one attached hydrogen (secondary N) is 1. The number of rotatable bonds is 7. The summed E-state index contributed by atoms with van der Waals surface area (Å²) < 4.78 is 7.04. The fraction of sp³-hybridized carbons (Fsp3) is 0.136. The summed E-state index contributed by atoms with van der Waals surface area (Å²) in [6.07, 6.45) is 0. The summed E-state index contributed by atoms with van der Waals surface area (Å²) in [6, 6.07) is 20.7. The molecule has 0 spiro atoms. The maximum absolute atomic E-state index is 12.1. The Morgan fingerprint density at radius 1 is 1.03 bits per heavy atom. The molecule has 0 aliphatic heterocycles. The minimum Gasteiger partial charge on any atom is -0.483 e. The van der Waals surface area contributed by atoms with Crippen molar-refractivity contribution in [3.63, 3.8) is 0 Å². The lowest BCUT2D eigenvalue weighted by Crippen LogP contribution is -2.34. The van der Waals surface area contributed by atoms with E-state index >= 15 is 0 Å². The van der Waals surface area contributed by atoms with Crippen LogP contribution in [0.2, 0.25) is 0 Å². The van der Waals surface area contributed by atoms with E-state index in [1.165, 1.54) is 10.7 Å². The van der Waals surface area contributed by atoms with Gasteiger partial charge in [0.15, 0.2) is 6.61 Å². The van der Waals surface area contributed by atoms with Crippen LogP contribution in [0.5, 0.6) is 5.75 Å². The molecule has 4 aromatic rings. The van der Waals surface area contributed by atoms with Gasteiger partial charge in [-0.05, 0) is 29.0 Å². The van der Waals surface area contributed by atoms with Gasteiger partial charge in [-0.25, -0.2) is 4.68 Å². The lowest BCUT2D eigenvalue weighted by Gasteiger charge is -2.10. The Labute approximate surface area is 171 Å². The number of fused-ring (bicyclic) bond motifs is 1. The van der Waals surface area contributed by atoms with Crippen LogP contribution in [0.15, 0.2) is 76.9 Å². The highest BCUT2D eigenvalue weighted by Crippen LogP contribution is 2.25. The highest BCUT2D eigenvalue weighted by atomic mass is 32.1. The molecule has 7 heteroatoms. The topological polar surface area (TPSA) is 73.2 Å². The van der Waals surface area contributed by atoms with E-state index < -0.39 is 0 Å². The van der Waals surface area contributed by atoms with Gasteiger partial charge in [0.1, 0.15) is 11.4 Å². The number of carbonyl (C=O) groups is 1. The number of benzene rings is 2. The molecule has 4 rings (SSSR count). The molecule has 2 heterocycles. The molecule has 2 aromatic heterocycles.